The molecule has 2 N–H and O–H groups in total. The Labute approximate surface area is 145 Å². The third-order valence-electron chi connectivity index (χ3n) is 4.00. The topological polar surface area (TPSA) is 78.6 Å². The van der Waals surface area contributed by atoms with Crippen LogP contribution in [0.3, 0.4) is 0 Å². The lowest BCUT2D eigenvalue weighted by Crippen LogP contribution is -2.17. The van der Waals surface area contributed by atoms with Crippen molar-refractivity contribution in [2.45, 2.75) is 18.3 Å². The number of nitrogens with two attached hydrogens (primary N) is 1. The van der Waals surface area contributed by atoms with Gasteiger partial charge in [0.05, 0.1) is 18.4 Å². The summed E-state index contributed by atoms with van der Waals surface area (Å²) in [6.07, 6.45) is 1.79. The van der Waals surface area contributed by atoms with E-state index in [1.807, 2.05) is 0 Å². The van der Waals surface area contributed by atoms with E-state index in [9.17, 15) is 12.8 Å². The summed E-state index contributed by atoms with van der Waals surface area (Å²) in [7, 11) is -2.19. The Bertz CT molecular complexity index is 940. The summed E-state index contributed by atoms with van der Waals surface area (Å²) in [5, 5.41) is 5.14. The van der Waals surface area contributed by atoms with Gasteiger partial charge in [-0.3, -0.25) is 0 Å². The zero-order valence-electron chi connectivity index (χ0n) is 13.7. The fraction of sp³-hybridized carbons (Fsp3) is 0.222. The van der Waals surface area contributed by atoms with Crippen LogP contribution in [-0.4, -0.2) is 15.5 Å². The van der Waals surface area contributed by atoms with E-state index >= 15 is 0 Å². The number of ether oxygens (including phenoxy) is 2. The predicted octanol–water partition coefficient (Wildman–Crippen LogP) is 3.30. The highest BCUT2D eigenvalue weighted by Gasteiger charge is 2.29. The Morgan fingerprint density at radius 1 is 1.36 bits per heavy atom. The third-order valence-corrected chi connectivity index (χ3v) is 4.74. The summed E-state index contributed by atoms with van der Waals surface area (Å²) < 4.78 is 47.8. The van der Waals surface area contributed by atoms with E-state index in [0.29, 0.717) is 29.0 Å². The van der Waals surface area contributed by atoms with Crippen LogP contribution in [-0.2, 0) is 15.8 Å². The van der Waals surface area contributed by atoms with Crippen LogP contribution in [0.1, 0.15) is 23.7 Å². The first-order chi connectivity index (χ1) is 11.8. The third kappa shape index (κ3) is 3.52. The Balaban J connectivity index is 2.20. The van der Waals surface area contributed by atoms with Crippen LogP contribution in [0.2, 0.25) is 0 Å². The Kier molecular flexibility index (Phi) is 4.53. The molecule has 0 aliphatic carbocycles. The minimum absolute atomic E-state index is 0.269. The zero-order valence-corrected chi connectivity index (χ0v) is 14.5. The van der Waals surface area contributed by atoms with Crippen LogP contribution in [0.25, 0.3) is 11.1 Å². The number of sulfonamides is 1. The first-order valence-corrected chi connectivity index (χ1v) is 9.32. The molecule has 132 valence electrons. The average molecular weight is 363 g/mol. The molecule has 25 heavy (non-hydrogen) atoms. The van der Waals surface area contributed by atoms with E-state index in [-0.39, 0.29) is 5.75 Å². The Hall–Kier alpha value is -2.38. The molecule has 3 rings (SSSR count). The second-order valence-electron chi connectivity index (χ2n) is 5.84. The lowest BCUT2D eigenvalue weighted by molar-refractivity contribution is 0.204. The quantitative estimate of drug-likeness (QED) is 0.827. The van der Waals surface area contributed by atoms with Gasteiger partial charge in [-0.05, 0) is 11.1 Å². The second-order valence-corrected chi connectivity index (χ2v) is 7.46. The van der Waals surface area contributed by atoms with E-state index in [2.05, 4.69) is 6.58 Å². The van der Waals surface area contributed by atoms with Gasteiger partial charge in [0, 0.05) is 24.1 Å². The van der Waals surface area contributed by atoms with E-state index in [1.165, 1.54) is 19.2 Å². The highest BCUT2D eigenvalue weighted by Crippen LogP contribution is 2.48. The van der Waals surface area contributed by atoms with Gasteiger partial charge >= 0.3 is 0 Å². The van der Waals surface area contributed by atoms with Crippen molar-refractivity contribution in [2.75, 3.05) is 7.11 Å². The van der Waals surface area contributed by atoms with Gasteiger partial charge in [0.1, 0.15) is 23.4 Å². The fourth-order valence-corrected chi connectivity index (χ4v) is 3.69. The number of rotatable bonds is 5. The smallest absolute Gasteiger partial charge is 0.213 e. The monoisotopic (exact) mass is 363 g/mol. The summed E-state index contributed by atoms with van der Waals surface area (Å²) in [4.78, 5) is 0. The standard InChI is InChI=1S/C18H18FNO4S/c1-3-4-15-14-7-11(10-25(20,21)22)5-6-13(14)18-16(23-2)8-12(19)9-17(18)24-15/h3,5-9,15H,1,4,10H2,2H3,(H2,20,21,22). The van der Waals surface area contributed by atoms with Crippen LogP contribution in [0.5, 0.6) is 11.5 Å². The second kappa shape index (κ2) is 6.50. The van der Waals surface area contributed by atoms with Gasteiger partial charge in [0.15, 0.2) is 0 Å². The van der Waals surface area contributed by atoms with Gasteiger partial charge in [-0.25, -0.2) is 17.9 Å². The highest BCUT2D eigenvalue weighted by atomic mass is 32.2. The zero-order chi connectivity index (χ0) is 18.2. The van der Waals surface area contributed by atoms with Gasteiger partial charge in [0.25, 0.3) is 0 Å². The maximum atomic E-state index is 13.8. The number of methoxy groups -OCH3 is 1. The molecule has 0 saturated carbocycles. The molecule has 7 heteroatoms. The molecule has 1 unspecified atom stereocenters. The lowest BCUT2D eigenvalue weighted by Gasteiger charge is -2.30. The maximum absolute atomic E-state index is 13.8. The SMILES string of the molecule is C=CCC1Oc2cc(F)cc(OC)c2-c2ccc(CS(N)(=O)=O)cc21. The maximum Gasteiger partial charge on any atom is 0.213 e. The number of hydrogen-bond donors (Lipinski definition) is 1. The van der Waals surface area contributed by atoms with Gasteiger partial charge in [-0.1, -0.05) is 24.3 Å². The molecule has 0 radical (unpaired) electrons. The largest absolute Gasteiger partial charge is 0.496 e. The summed E-state index contributed by atoms with van der Waals surface area (Å²) in [5.74, 6) is 0.0132. The number of halogens is 1. The molecule has 2 aromatic carbocycles. The van der Waals surface area contributed by atoms with Crippen LogP contribution in [0.4, 0.5) is 4.39 Å². The summed E-state index contributed by atoms with van der Waals surface area (Å²) in [5.41, 5.74) is 2.80. The van der Waals surface area contributed by atoms with Crippen molar-refractivity contribution in [3.8, 4) is 22.6 Å². The molecule has 5 nitrogen and oxygen atoms in total. The van der Waals surface area contributed by atoms with Crippen molar-refractivity contribution >= 4 is 10.0 Å². The molecule has 1 aliphatic rings. The normalized spacial score (nSPS) is 15.7. The van der Waals surface area contributed by atoms with E-state index in [4.69, 9.17) is 14.6 Å². The molecule has 0 spiro atoms. The Morgan fingerprint density at radius 3 is 2.76 bits per heavy atom. The highest BCUT2D eigenvalue weighted by molar-refractivity contribution is 7.88. The van der Waals surface area contributed by atoms with Crippen LogP contribution in [0.15, 0.2) is 43.0 Å². The van der Waals surface area contributed by atoms with E-state index in [1.54, 1.807) is 24.3 Å². The molecule has 0 amide bonds. The fourth-order valence-electron chi connectivity index (χ4n) is 3.05. The minimum atomic E-state index is -3.65. The predicted molar refractivity (Wildman–Crippen MR) is 93.4 cm³/mol. The van der Waals surface area contributed by atoms with Gasteiger partial charge < -0.3 is 9.47 Å². The molecule has 1 aliphatic heterocycles. The van der Waals surface area contributed by atoms with Crippen LogP contribution >= 0.6 is 0 Å². The first-order valence-electron chi connectivity index (χ1n) is 7.61. The number of primary sulfonamides is 1. The molecule has 0 bridgehead atoms. The van der Waals surface area contributed by atoms with Crippen molar-refractivity contribution in [3.05, 3.63) is 59.9 Å². The molecule has 0 fully saturated rings. The molecular formula is C18H18FNO4S. The summed E-state index contributed by atoms with van der Waals surface area (Å²) >= 11 is 0. The molecule has 0 saturated heterocycles. The summed E-state index contributed by atoms with van der Waals surface area (Å²) in [6, 6.07) is 7.83. The number of hydrogen-bond acceptors (Lipinski definition) is 4. The minimum Gasteiger partial charge on any atom is -0.496 e. The van der Waals surface area contributed by atoms with Crippen LogP contribution < -0.4 is 14.6 Å². The average Bonchev–Trinajstić information content (AvgIpc) is 2.52. The Morgan fingerprint density at radius 2 is 2.12 bits per heavy atom. The first kappa shape index (κ1) is 17.4. The van der Waals surface area contributed by atoms with Gasteiger partial charge in [0.2, 0.25) is 10.0 Å². The van der Waals surface area contributed by atoms with Crippen molar-refractivity contribution in [1.29, 1.82) is 0 Å². The molecule has 2 aromatic rings. The van der Waals surface area contributed by atoms with E-state index in [0.717, 1.165) is 11.1 Å². The van der Waals surface area contributed by atoms with Crippen LogP contribution in [0, 0.1) is 5.82 Å². The molecule has 0 aromatic heterocycles. The molecular weight excluding hydrogens is 345 g/mol. The van der Waals surface area contributed by atoms with Crippen molar-refractivity contribution < 1.29 is 22.3 Å². The molecule has 1 atom stereocenters. The van der Waals surface area contributed by atoms with Crippen molar-refractivity contribution in [1.82, 2.24) is 0 Å². The van der Waals surface area contributed by atoms with Gasteiger partial charge in [-0.15, -0.1) is 6.58 Å². The van der Waals surface area contributed by atoms with E-state index < -0.39 is 21.9 Å². The lowest BCUT2D eigenvalue weighted by atomic mass is 9.89. The van der Waals surface area contributed by atoms with Crippen molar-refractivity contribution in [3.63, 3.8) is 0 Å². The number of benzene rings is 2. The van der Waals surface area contributed by atoms with Crippen molar-refractivity contribution in [2.24, 2.45) is 5.14 Å². The number of fused-ring (bicyclic) bond motifs is 3. The van der Waals surface area contributed by atoms with Gasteiger partial charge in [-0.2, -0.15) is 0 Å². The molecule has 1 heterocycles. The summed E-state index contributed by atoms with van der Waals surface area (Å²) in [6.45, 7) is 3.72.